The summed E-state index contributed by atoms with van der Waals surface area (Å²) in [6.07, 6.45) is 2.40. The number of methoxy groups -OCH3 is 1. The summed E-state index contributed by atoms with van der Waals surface area (Å²) in [6.45, 7) is 4.36. The minimum Gasteiger partial charge on any atom is -0.493 e. The largest absolute Gasteiger partial charge is 0.493 e. The highest BCUT2D eigenvalue weighted by molar-refractivity contribution is 6.26. The molecule has 3 rings (SSSR count). The number of carbonyl (C=O) groups excluding carboxylic acids is 2. The molecule has 1 aliphatic rings. The lowest BCUT2D eigenvalue weighted by atomic mass is 10.1. The summed E-state index contributed by atoms with van der Waals surface area (Å²) in [5.41, 5.74) is 1.17. The lowest BCUT2D eigenvalue weighted by Crippen LogP contribution is -2.16. The highest BCUT2D eigenvalue weighted by Gasteiger charge is 2.37. The van der Waals surface area contributed by atoms with E-state index < -0.39 is 11.8 Å². The van der Waals surface area contributed by atoms with Crippen molar-refractivity contribution in [3.63, 3.8) is 0 Å². The monoisotopic (exact) mass is 423 g/mol. The van der Waals surface area contributed by atoms with Crippen LogP contribution in [-0.2, 0) is 19.1 Å². The molecule has 31 heavy (non-hydrogen) atoms. The first-order valence-corrected chi connectivity index (χ1v) is 10.1. The average Bonchev–Trinajstić information content (AvgIpc) is 3.07. The zero-order valence-electron chi connectivity index (χ0n) is 17.8. The molecule has 7 nitrogen and oxygen atoms in total. The molecule has 0 saturated carbocycles. The van der Waals surface area contributed by atoms with Crippen LogP contribution in [0.15, 0.2) is 65.7 Å². The third-order valence-electron chi connectivity index (χ3n) is 4.35. The minimum atomic E-state index is -0.740. The Bertz CT molecular complexity index is 1010. The Morgan fingerprint density at radius 3 is 2.55 bits per heavy atom. The number of ketones is 1. The van der Waals surface area contributed by atoms with E-state index in [4.69, 9.17) is 18.9 Å². The Labute approximate surface area is 181 Å². The third-order valence-corrected chi connectivity index (χ3v) is 4.35. The number of anilines is 1. The molecule has 0 unspecified atom stereocenters. The number of hydrogen-bond donors (Lipinski definition) is 1. The van der Waals surface area contributed by atoms with Crippen LogP contribution >= 0.6 is 0 Å². The molecule has 1 N–H and O–H groups in total. The number of hydrogen-bond acceptors (Lipinski definition) is 7. The summed E-state index contributed by atoms with van der Waals surface area (Å²) in [7, 11) is 1.56. The molecule has 0 radical (unpaired) electrons. The summed E-state index contributed by atoms with van der Waals surface area (Å²) >= 11 is 0. The summed E-state index contributed by atoms with van der Waals surface area (Å²) < 4.78 is 21.8. The predicted molar refractivity (Wildman–Crippen MR) is 117 cm³/mol. The lowest BCUT2D eigenvalue weighted by molar-refractivity contribution is -0.139. The van der Waals surface area contributed by atoms with Gasteiger partial charge in [0.2, 0.25) is 11.7 Å². The number of allylic oxidation sites excluding steroid dienone is 1. The Hall–Kier alpha value is -3.74. The van der Waals surface area contributed by atoms with Crippen molar-refractivity contribution in [1.29, 1.82) is 0 Å². The molecule has 2 aromatic carbocycles. The first-order chi connectivity index (χ1) is 15.1. The molecule has 0 spiro atoms. The predicted octanol–water partition coefficient (Wildman–Crippen LogP) is 4.31. The molecular formula is C24H25NO6. The number of nitrogens with one attached hydrogen (secondary N) is 1. The lowest BCUT2D eigenvalue weighted by Gasteiger charge is -2.11. The molecule has 162 valence electrons. The highest BCUT2D eigenvalue weighted by Crippen LogP contribution is 2.32. The number of esters is 1. The molecular weight excluding hydrogens is 398 g/mol. The van der Waals surface area contributed by atoms with Crippen LogP contribution in [0.1, 0.15) is 25.8 Å². The molecule has 1 heterocycles. The van der Waals surface area contributed by atoms with E-state index in [9.17, 15) is 9.59 Å². The van der Waals surface area contributed by atoms with E-state index >= 15 is 0 Å². The first-order valence-electron chi connectivity index (χ1n) is 10.1. The van der Waals surface area contributed by atoms with Gasteiger partial charge in [-0.2, -0.15) is 0 Å². The van der Waals surface area contributed by atoms with Gasteiger partial charge in [-0.05, 0) is 49.2 Å². The number of rotatable bonds is 9. The molecule has 0 amide bonds. The SMILES string of the molecule is CCCOc1cc(/C=C2\OC(Nc3ccccc3)=C(C(=O)OCC)C2=O)ccc1OC. The van der Waals surface area contributed by atoms with Crippen molar-refractivity contribution < 1.29 is 28.5 Å². The van der Waals surface area contributed by atoms with Crippen LogP contribution in [0.2, 0.25) is 0 Å². The van der Waals surface area contributed by atoms with Crippen molar-refractivity contribution in [3.05, 3.63) is 71.3 Å². The fraction of sp³-hybridized carbons (Fsp3) is 0.250. The number of para-hydroxylation sites is 1. The Morgan fingerprint density at radius 2 is 1.87 bits per heavy atom. The van der Waals surface area contributed by atoms with Crippen LogP contribution in [0.25, 0.3) is 6.08 Å². The molecule has 0 fully saturated rings. The minimum absolute atomic E-state index is 0.00749. The zero-order valence-corrected chi connectivity index (χ0v) is 17.8. The Balaban J connectivity index is 1.92. The van der Waals surface area contributed by atoms with Gasteiger partial charge in [-0.3, -0.25) is 4.79 Å². The van der Waals surface area contributed by atoms with Crippen molar-refractivity contribution in [3.8, 4) is 11.5 Å². The van der Waals surface area contributed by atoms with Crippen molar-refractivity contribution >= 4 is 23.5 Å². The first kappa shape index (κ1) is 22.0. The average molecular weight is 423 g/mol. The Kier molecular flexibility index (Phi) is 7.32. The molecule has 0 bridgehead atoms. The maximum atomic E-state index is 13.0. The number of carbonyl (C=O) groups is 2. The van der Waals surface area contributed by atoms with E-state index in [1.807, 2.05) is 25.1 Å². The van der Waals surface area contributed by atoms with Crippen LogP contribution in [0, 0.1) is 0 Å². The Morgan fingerprint density at radius 1 is 1.10 bits per heavy atom. The molecule has 0 atom stereocenters. The maximum absolute atomic E-state index is 13.0. The van der Waals surface area contributed by atoms with E-state index in [2.05, 4.69) is 5.32 Å². The second kappa shape index (κ2) is 10.3. The van der Waals surface area contributed by atoms with Crippen molar-refractivity contribution in [2.24, 2.45) is 0 Å². The van der Waals surface area contributed by atoms with Gasteiger partial charge in [0.1, 0.15) is 0 Å². The standard InChI is InChI=1S/C24H25NO6/c1-4-13-30-19-14-16(11-12-18(19)28-3)15-20-22(26)21(24(27)29-5-2)23(31-20)25-17-9-7-6-8-10-17/h6-12,14-15,25H,4-5,13H2,1-3H3/b20-15-. The van der Waals surface area contributed by atoms with Gasteiger partial charge < -0.3 is 24.3 Å². The zero-order chi connectivity index (χ0) is 22.2. The molecule has 2 aromatic rings. The topological polar surface area (TPSA) is 83.1 Å². The van der Waals surface area contributed by atoms with Gasteiger partial charge in [0, 0.05) is 5.69 Å². The second-order valence-electron chi connectivity index (χ2n) is 6.61. The van der Waals surface area contributed by atoms with E-state index in [0.29, 0.717) is 29.4 Å². The van der Waals surface area contributed by atoms with E-state index in [1.54, 1.807) is 50.4 Å². The fourth-order valence-electron chi connectivity index (χ4n) is 2.92. The maximum Gasteiger partial charge on any atom is 0.347 e. The normalized spacial score (nSPS) is 14.4. The number of Topliss-reactive ketones (excluding diaryl/α,β-unsaturated/α-hetero) is 1. The summed E-state index contributed by atoms with van der Waals surface area (Å²) in [5.74, 6) is -0.0962. The molecule has 7 heteroatoms. The van der Waals surface area contributed by atoms with Crippen LogP contribution < -0.4 is 14.8 Å². The van der Waals surface area contributed by atoms with Crippen LogP contribution in [0.3, 0.4) is 0 Å². The molecule has 0 aromatic heterocycles. The van der Waals surface area contributed by atoms with E-state index in [1.165, 1.54) is 0 Å². The summed E-state index contributed by atoms with van der Waals surface area (Å²) in [6, 6.07) is 14.4. The quantitative estimate of drug-likeness (QED) is 0.365. The van der Waals surface area contributed by atoms with Gasteiger partial charge in [0.25, 0.3) is 0 Å². The van der Waals surface area contributed by atoms with Gasteiger partial charge in [-0.15, -0.1) is 0 Å². The van der Waals surface area contributed by atoms with Gasteiger partial charge in [0.05, 0.1) is 20.3 Å². The van der Waals surface area contributed by atoms with Crippen LogP contribution in [0.4, 0.5) is 5.69 Å². The van der Waals surface area contributed by atoms with Crippen molar-refractivity contribution in [2.45, 2.75) is 20.3 Å². The molecule has 0 aliphatic carbocycles. The molecule has 1 aliphatic heterocycles. The van der Waals surface area contributed by atoms with Gasteiger partial charge >= 0.3 is 5.97 Å². The van der Waals surface area contributed by atoms with Crippen molar-refractivity contribution in [2.75, 3.05) is 25.6 Å². The smallest absolute Gasteiger partial charge is 0.347 e. The van der Waals surface area contributed by atoms with E-state index in [0.717, 1.165) is 6.42 Å². The van der Waals surface area contributed by atoms with Crippen molar-refractivity contribution in [1.82, 2.24) is 0 Å². The summed E-state index contributed by atoms with van der Waals surface area (Å²) in [4.78, 5) is 25.4. The molecule has 0 saturated heterocycles. The number of benzene rings is 2. The van der Waals surface area contributed by atoms with Gasteiger partial charge in [-0.1, -0.05) is 31.2 Å². The highest BCUT2D eigenvalue weighted by atomic mass is 16.5. The van der Waals surface area contributed by atoms with Crippen LogP contribution in [0.5, 0.6) is 11.5 Å². The van der Waals surface area contributed by atoms with Crippen LogP contribution in [-0.4, -0.2) is 32.1 Å². The van der Waals surface area contributed by atoms with E-state index in [-0.39, 0.29) is 23.8 Å². The number of ether oxygens (including phenoxy) is 4. The van der Waals surface area contributed by atoms with Gasteiger partial charge in [-0.25, -0.2) is 4.79 Å². The summed E-state index contributed by atoms with van der Waals surface area (Å²) in [5, 5.41) is 2.98. The third kappa shape index (κ3) is 5.25. The fourth-order valence-corrected chi connectivity index (χ4v) is 2.92. The van der Waals surface area contributed by atoms with Gasteiger partial charge in [0.15, 0.2) is 22.8 Å². The second-order valence-corrected chi connectivity index (χ2v) is 6.61.